The molecule has 1 unspecified atom stereocenters. The largest absolute Gasteiger partial charge is 0.394 e. The lowest BCUT2D eigenvalue weighted by molar-refractivity contribution is 0.0782. The molecule has 4 aromatic rings. The summed E-state index contributed by atoms with van der Waals surface area (Å²) in [7, 11) is 0. The molecule has 0 aliphatic rings. The van der Waals surface area contributed by atoms with Crippen LogP contribution in [-0.2, 0) is 17.7 Å². The van der Waals surface area contributed by atoms with Crippen LogP contribution in [0, 0.1) is 5.82 Å². The van der Waals surface area contributed by atoms with E-state index in [-0.39, 0.29) is 35.7 Å². The standard InChI is InChI=1S/C25H27FN6O4S/c1-24(2,35)14-7-8-15(17(26)11-14)18-12-16(22(27)34)23(37-18)29-21-6-4-5-19(28-21)25(3,36)20-13-32(9-10-33)31-30-20/h4-8,11-13,33,35-36H,9-10H2,1-3H3,(H2,27,34)(H,28,29). The number of anilines is 2. The van der Waals surface area contributed by atoms with E-state index in [1.807, 2.05) is 0 Å². The number of halogens is 1. The highest BCUT2D eigenvalue weighted by molar-refractivity contribution is 7.19. The Morgan fingerprint density at radius 3 is 2.57 bits per heavy atom. The van der Waals surface area contributed by atoms with Gasteiger partial charge in [0, 0.05) is 10.4 Å². The van der Waals surface area contributed by atoms with Gasteiger partial charge in [0.25, 0.3) is 5.91 Å². The van der Waals surface area contributed by atoms with E-state index in [0.717, 1.165) is 11.3 Å². The molecule has 1 aromatic carbocycles. The normalized spacial score (nSPS) is 13.4. The van der Waals surface area contributed by atoms with Crippen LogP contribution in [0.3, 0.4) is 0 Å². The molecule has 6 N–H and O–H groups in total. The maximum absolute atomic E-state index is 14.9. The number of rotatable bonds is 9. The van der Waals surface area contributed by atoms with E-state index in [9.17, 15) is 19.4 Å². The Labute approximate surface area is 216 Å². The Morgan fingerprint density at radius 2 is 1.92 bits per heavy atom. The summed E-state index contributed by atoms with van der Waals surface area (Å²) in [5.41, 5.74) is 4.12. The maximum Gasteiger partial charge on any atom is 0.251 e. The lowest BCUT2D eigenvalue weighted by Crippen LogP contribution is -2.25. The van der Waals surface area contributed by atoms with Crippen LogP contribution in [0.15, 0.2) is 48.7 Å². The molecule has 4 rings (SSSR count). The van der Waals surface area contributed by atoms with Gasteiger partial charge in [-0.2, -0.15) is 0 Å². The van der Waals surface area contributed by atoms with Crippen molar-refractivity contribution in [1.82, 2.24) is 20.0 Å². The van der Waals surface area contributed by atoms with Crippen LogP contribution in [0.4, 0.5) is 15.2 Å². The number of pyridine rings is 1. The number of nitrogens with two attached hydrogens (primary N) is 1. The smallest absolute Gasteiger partial charge is 0.251 e. The molecule has 0 aliphatic heterocycles. The van der Waals surface area contributed by atoms with Gasteiger partial charge in [-0.3, -0.25) is 4.79 Å². The van der Waals surface area contributed by atoms with Crippen LogP contribution in [0.2, 0.25) is 0 Å². The van der Waals surface area contributed by atoms with Gasteiger partial charge in [0.05, 0.1) is 36.2 Å². The van der Waals surface area contributed by atoms with Crippen LogP contribution in [0.5, 0.6) is 0 Å². The number of carbonyl (C=O) groups excluding carboxylic acids is 1. The zero-order valence-corrected chi connectivity index (χ0v) is 21.3. The predicted octanol–water partition coefficient (Wildman–Crippen LogP) is 2.86. The van der Waals surface area contributed by atoms with Gasteiger partial charge in [-0.25, -0.2) is 14.1 Å². The first-order valence-corrected chi connectivity index (χ1v) is 12.2. The van der Waals surface area contributed by atoms with Crippen LogP contribution in [-0.4, -0.2) is 47.8 Å². The molecule has 0 fully saturated rings. The van der Waals surface area contributed by atoms with Gasteiger partial charge in [0.15, 0.2) is 0 Å². The summed E-state index contributed by atoms with van der Waals surface area (Å²) >= 11 is 1.12. The van der Waals surface area contributed by atoms with Crippen LogP contribution >= 0.6 is 11.3 Å². The van der Waals surface area contributed by atoms with Gasteiger partial charge in [0.2, 0.25) is 0 Å². The Morgan fingerprint density at radius 1 is 1.16 bits per heavy atom. The van der Waals surface area contributed by atoms with E-state index in [2.05, 4.69) is 20.6 Å². The molecule has 3 heterocycles. The monoisotopic (exact) mass is 526 g/mol. The third-order valence-electron chi connectivity index (χ3n) is 5.79. The summed E-state index contributed by atoms with van der Waals surface area (Å²) in [5, 5.41) is 41.6. The van der Waals surface area contributed by atoms with E-state index in [4.69, 9.17) is 10.8 Å². The molecule has 0 saturated heterocycles. The zero-order valence-electron chi connectivity index (χ0n) is 20.4. The first-order chi connectivity index (χ1) is 17.4. The molecule has 0 aliphatic carbocycles. The number of amides is 1. The minimum atomic E-state index is -1.59. The van der Waals surface area contributed by atoms with Crippen molar-refractivity contribution in [2.75, 3.05) is 11.9 Å². The van der Waals surface area contributed by atoms with Crippen molar-refractivity contribution in [3.63, 3.8) is 0 Å². The summed E-state index contributed by atoms with van der Waals surface area (Å²) in [6, 6.07) is 10.9. The van der Waals surface area contributed by atoms with E-state index in [1.165, 1.54) is 29.9 Å². The average Bonchev–Trinajstić information content (AvgIpc) is 3.47. The number of aliphatic hydroxyl groups is 3. The number of aromatic nitrogens is 4. The van der Waals surface area contributed by atoms with Crippen LogP contribution in [0.25, 0.3) is 10.4 Å². The van der Waals surface area contributed by atoms with Gasteiger partial charge in [-0.05, 0) is 50.6 Å². The number of primary amides is 1. The van der Waals surface area contributed by atoms with E-state index >= 15 is 0 Å². The molecule has 0 bridgehead atoms. The molecule has 1 amide bonds. The van der Waals surface area contributed by atoms with Crippen LogP contribution in [0.1, 0.15) is 48.1 Å². The van der Waals surface area contributed by atoms with Crippen molar-refractivity contribution >= 4 is 28.1 Å². The van der Waals surface area contributed by atoms with E-state index < -0.39 is 22.9 Å². The molecule has 0 spiro atoms. The number of carbonyl (C=O) groups is 1. The van der Waals surface area contributed by atoms with Gasteiger partial charge >= 0.3 is 0 Å². The van der Waals surface area contributed by atoms with Gasteiger partial charge in [-0.1, -0.05) is 23.4 Å². The van der Waals surface area contributed by atoms with Crippen molar-refractivity contribution < 1.29 is 24.5 Å². The van der Waals surface area contributed by atoms with Crippen molar-refractivity contribution in [2.24, 2.45) is 5.73 Å². The van der Waals surface area contributed by atoms with Crippen molar-refractivity contribution in [1.29, 1.82) is 0 Å². The predicted molar refractivity (Wildman–Crippen MR) is 137 cm³/mol. The highest BCUT2D eigenvalue weighted by atomic mass is 32.1. The molecular weight excluding hydrogens is 499 g/mol. The quantitative estimate of drug-likeness (QED) is 0.223. The van der Waals surface area contributed by atoms with E-state index in [1.54, 1.807) is 44.2 Å². The fourth-order valence-electron chi connectivity index (χ4n) is 3.65. The number of hydrogen-bond donors (Lipinski definition) is 5. The topological polar surface area (TPSA) is 159 Å². The molecule has 0 saturated carbocycles. The molecule has 3 aromatic heterocycles. The Hall–Kier alpha value is -3.71. The summed E-state index contributed by atoms with van der Waals surface area (Å²) in [4.78, 5) is 17.1. The van der Waals surface area contributed by atoms with Crippen molar-refractivity contribution in [3.05, 3.63) is 77.0 Å². The summed E-state index contributed by atoms with van der Waals surface area (Å²) in [5.74, 6) is -0.940. The highest BCUT2D eigenvalue weighted by Crippen LogP contribution is 2.39. The number of thiophene rings is 1. The molecule has 12 heteroatoms. The van der Waals surface area contributed by atoms with Gasteiger partial charge < -0.3 is 26.4 Å². The Bertz CT molecular complexity index is 1440. The highest BCUT2D eigenvalue weighted by Gasteiger charge is 2.31. The summed E-state index contributed by atoms with van der Waals surface area (Å²) < 4.78 is 16.3. The number of nitrogens with zero attached hydrogens (tertiary/aromatic N) is 4. The molecule has 1 atom stereocenters. The molecule has 37 heavy (non-hydrogen) atoms. The lowest BCUT2D eigenvalue weighted by atomic mass is 9.96. The second kappa shape index (κ2) is 9.98. The van der Waals surface area contributed by atoms with E-state index in [0.29, 0.717) is 21.3 Å². The lowest BCUT2D eigenvalue weighted by Gasteiger charge is -2.20. The SMILES string of the molecule is CC(C)(O)c1ccc(-c2cc(C(N)=O)c(Nc3cccc(C(C)(O)c4cn(CCO)nn4)n3)s2)c(F)c1. The second-order valence-electron chi connectivity index (χ2n) is 9.17. The van der Waals surface area contributed by atoms with Crippen molar-refractivity contribution in [3.8, 4) is 10.4 Å². The molecule has 194 valence electrons. The third kappa shape index (κ3) is 5.52. The fourth-order valence-corrected chi connectivity index (χ4v) is 4.75. The van der Waals surface area contributed by atoms with Crippen LogP contribution < -0.4 is 11.1 Å². The van der Waals surface area contributed by atoms with Gasteiger partial charge in [0.1, 0.15) is 27.9 Å². The fraction of sp³-hybridized carbons (Fsp3) is 0.280. The molecule has 0 radical (unpaired) electrons. The number of nitrogens with one attached hydrogen (secondary N) is 1. The Kier molecular flexibility index (Phi) is 7.11. The van der Waals surface area contributed by atoms with Crippen molar-refractivity contribution in [2.45, 2.75) is 38.5 Å². The number of aliphatic hydroxyl groups excluding tert-OH is 1. The maximum atomic E-state index is 14.9. The number of hydrogen-bond acceptors (Lipinski definition) is 9. The number of benzene rings is 1. The summed E-state index contributed by atoms with van der Waals surface area (Å²) in [6.45, 7) is 4.76. The first-order valence-electron chi connectivity index (χ1n) is 11.3. The molecular formula is C25H27FN6O4S. The minimum absolute atomic E-state index is 0.124. The molecule has 10 nitrogen and oxygen atoms in total. The summed E-state index contributed by atoms with van der Waals surface area (Å²) in [6.07, 6.45) is 1.52. The second-order valence-corrected chi connectivity index (χ2v) is 10.2. The Balaban J connectivity index is 1.66. The zero-order chi connectivity index (χ0) is 27.0. The third-order valence-corrected chi connectivity index (χ3v) is 6.88. The average molecular weight is 527 g/mol. The minimum Gasteiger partial charge on any atom is -0.394 e. The first kappa shape index (κ1) is 26.4. The van der Waals surface area contributed by atoms with Gasteiger partial charge in [-0.15, -0.1) is 16.4 Å².